The van der Waals surface area contributed by atoms with Gasteiger partial charge < -0.3 is 10.4 Å². The fourth-order valence-electron chi connectivity index (χ4n) is 2.89. The van der Waals surface area contributed by atoms with Crippen molar-refractivity contribution in [2.45, 2.75) is 50.6 Å². The van der Waals surface area contributed by atoms with Crippen LogP contribution < -0.4 is 10.6 Å². The number of amides is 1. The van der Waals surface area contributed by atoms with Gasteiger partial charge in [-0.1, -0.05) is 56.0 Å². The lowest BCUT2D eigenvalue weighted by Crippen LogP contribution is -2.41. The van der Waals surface area contributed by atoms with Gasteiger partial charge in [0.25, 0.3) is 0 Å². The van der Waals surface area contributed by atoms with Crippen LogP contribution in [0.5, 0.6) is 0 Å². The third kappa shape index (κ3) is 5.48. The zero-order chi connectivity index (χ0) is 14.9. The normalized spacial score (nSPS) is 18.0. The highest BCUT2D eigenvalue weighted by Crippen LogP contribution is 2.17. The van der Waals surface area contributed by atoms with Gasteiger partial charge in [-0.05, 0) is 18.4 Å². The van der Waals surface area contributed by atoms with Gasteiger partial charge in [-0.2, -0.15) is 0 Å². The van der Waals surface area contributed by atoms with Crippen molar-refractivity contribution < 1.29 is 9.90 Å². The first-order chi connectivity index (χ1) is 10.3. The lowest BCUT2D eigenvalue weighted by Gasteiger charge is -2.19. The number of carbonyl (C=O) groups is 1. The van der Waals surface area contributed by atoms with E-state index in [1.807, 2.05) is 30.3 Å². The van der Waals surface area contributed by atoms with Crippen molar-refractivity contribution in [2.24, 2.45) is 0 Å². The minimum absolute atomic E-state index is 0.0132. The Labute approximate surface area is 126 Å². The van der Waals surface area contributed by atoms with E-state index < -0.39 is 0 Å². The van der Waals surface area contributed by atoms with E-state index in [-0.39, 0.29) is 25.1 Å². The van der Waals surface area contributed by atoms with Gasteiger partial charge in [-0.3, -0.25) is 10.1 Å². The van der Waals surface area contributed by atoms with Gasteiger partial charge >= 0.3 is 0 Å². The topological polar surface area (TPSA) is 61.4 Å². The molecule has 0 aromatic heterocycles. The average Bonchev–Trinajstić information content (AvgIpc) is 2.77. The van der Waals surface area contributed by atoms with Crippen LogP contribution >= 0.6 is 0 Å². The predicted molar refractivity (Wildman–Crippen MR) is 83.9 cm³/mol. The van der Waals surface area contributed by atoms with E-state index in [0.29, 0.717) is 6.04 Å². The summed E-state index contributed by atoms with van der Waals surface area (Å²) in [5.74, 6) is 0.0243. The molecule has 0 radical (unpaired) electrons. The second-order valence-electron chi connectivity index (χ2n) is 5.78. The van der Waals surface area contributed by atoms with E-state index in [9.17, 15) is 9.90 Å². The monoisotopic (exact) mass is 290 g/mol. The molecule has 1 aromatic rings. The van der Waals surface area contributed by atoms with Crippen molar-refractivity contribution in [2.75, 3.05) is 13.2 Å². The summed E-state index contributed by atoms with van der Waals surface area (Å²) in [5.41, 5.74) is 1.00. The summed E-state index contributed by atoms with van der Waals surface area (Å²) in [6.45, 7) is 0.233. The van der Waals surface area contributed by atoms with E-state index in [4.69, 9.17) is 0 Å². The van der Waals surface area contributed by atoms with Crippen molar-refractivity contribution in [1.29, 1.82) is 0 Å². The second-order valence-corrected chi connectivity index (χ2v) is 5.78. The summed E-state index contributed by atoms with van der Waals surface area (Å²) in [6.07, 6.45) is 7.17. The summed E-state index contributed by atoms with van der Waals surface area (Å²) < 4.78 is 0. The van der Waals surface area contributed by atoms with Crippen LogP contribution in [0.4, 0.5) is 0 Å². The molecule has 1 saturated carbocycles. The first-order valence-corrected chi connectivity index (χ1v) is 7.98. The van der Waals surface area contributed by atoms with Crippen LogP contribution in [0.15, 0.2) is 30.3 Å². The van der Waals surface area contributed by atoms with Crippen LogP contribution in [0.25, 0.3) is 0 Å². The summed E-state index contributed by atoms with van der Waals surface area (Å²) in [5, 5.41) is 15.7. The molecule has 1 fully saturated rings. The van der Waals surface area contributed by atoms with Crippen LogP contribution in [-0.4, -0.2) is 30.2 Å². The Kier molecular flexibility index (Phi) is 6.70. The second kappa shape index (κ2) is 8.80. The Hall–Kier alpha value is -1.39. The zero-order valence-corrected chi connectivity index (χ0v) is 12.6. The number of benzene rings is 1. The lowest BCUT2D eigenvalue weighted by molar-refractivity contribution is -0.121. The zero-order valence-electron chi connectivity index (χ0n) is 12.6. The van der Waals surface area contributed by atoms with Gasteiger partial charge in [-0.25, -0.2) is 0 Å². The molecule has 1 amide bonds. The van der Waals surface area contributed by atoms with Crippen molar-refractivity contribution in [1.82, 2.24) is 10.6 Å². The first kappa shape index (κ1) is 16.0. The van der Waals surface area contributed by atoms with Crippen molar-refractivity contribution in [3.63, 3.8) is 0 Å². The maximum atomic E-state index is 12.0. The highest BCUT2D eigenvalue weighted by Gasteiger charge is 2.16. The van der Waals surface area contributed by atoms with Crippen LogP contribution in [0.2, 0.25) is 0 Å². The van der Waals surface area contributed by atoms with Crippen molar-refractivity contribution in [3.05, 3.63) is 35.9 Å². The van der Waals surface area contributed by atoms with E-state index in [1.54, 1.807) is 0 Å². The van der Waals surface area contributed by atoms with E-state index in [2.05, 4.69) is 10.6 Å². The third-order valence-corrected chi connectivity index (χ3v) is 4.11. The molecule has 3 N–H and O–H groups in total. The van der Waals surface area contributed by atoms with Gasteiger partial charge in [0.15, 0.2) is 0 Å². The van der Waals surface area contributed by atoms with Crippen LogP contribution in [0.3, 0.4) is 0 Å². The third-order valence-electron chi connectivity index (χ3n) is 4.11. The van der Waals surface area contributed by atoms with Crippen LogP contribution in [-0.2, 0) is 4.79 Å². The highest BCUT2D eigenvalue weighted by molar-refractivity contribution is 5.78. The molecular weight excluding hydrogens is 264 g/mol. The van der Waals surface area contributed by atoms with Gasteiger partial charge in [0.1, 0.15) is 0 Å². The first-order valence-electron chi connectivity index (χ1n) is 7.98. The molecule has 1 unspecified atom stereocenters. The number of rotatable bonds is 6. The standard InChI is InChI=1S/C17H26N2O2/c20-13-16(14-8-4-3-5-9-14)18-12-17(21)19-15-10-6-1-2-7-11-15/h3-5,8-9,15-16,18,20H,1-2,6-7,10-13H2,(H,19,21). The molecule has 4 nitrogen and oxygen atoms in total. The van der Waals surface area contributed by atoms with Gasteiger partial charge in [0.2, 0.25) is 5.91 Å². The maximum Gasteiger partial charge on any atom is 0.234 e. The molecule has 0 aliphatic heterocycles. The smallest absolute Gasteiger partial charge is 0.234 e. The number of hydrogen-bond acceptors (Lipinski definition) is 3. The predicted octanol–water partition coefficient (Wildman–Crippen LogP) is 2.15. The quantitative estimate of drug-likeness (QED) is 0.704. The molecule has 0 saturated heterocycles. The van der Waals surface area contributed by atoms with Crippen molar-refractivity contribution >= 4 is 5.91 Å². The Morgan fingerprint density at radius 1 is 1.14 bits per heavy atom. The van der Waals surface area contributed by atoms with Crippen molar-refractivity contribution in [3.8, 4) is 0 Å². The maximum absolute atomic E-state index is 12.0. The highest BCUT2D eigenvalue weighted by atomic mass is 16.3. The molecule has 116 valence electrons. The number of aliphatic hydroxyl groups is 1. The number of aliphatic hydroxyl groups excluding tert-OH is 1. The van der Waals surface area contributed by atoms with Crippen LogP contribution in [0.1, 0.15) is 50.1 Å². The summed E-state index contributed by atoms with van der Waals surface area (Å²) in [4.78, 5) is 12.0. The summed E-state index contributed by atoms with van der Waals surface area (Å²) in [7, 11) is 0. The molecule has 21 heavy (non-hydrogen) atoms. The Morgan fingerprint density at radius 3 is 2.43 bits per heavy atom. The van der Waals surface area contributed by atoms with Gasteiger partial charge in [0.05, 0.1) is 19.2 Å². The van der Waals surface area contributed by atoms with E-state index in [0.717, 1.165) is 18.4 Å². The van der Waals surface area contributed by atoms with Crippen LogP contribution in [0, 0.1) is 0 Å². The number of nitrogens with one attached hydrogen (secondary N) is 2. The molecule has 0 heterocycles. The summed E-state index contributed by atoms with van der Waals surface area (Å²) >= 11 is 0. The Morgan fingerprint density at radius 2 is 1.81 bits per heavy atom. The molecule has 4 heteroatoms. The number of hydrogen-bond donors (Lipinski definition) is 3. The van der Waals surface area contributed by atoms with Gasteiger partial charge in [-0.15, -0.1) is 0 Å². The molecule has 1 atom stereocenters. The molecular formula is C17H26N2O2. The van der Waals surface area contributed by atoms with E-state index in [1.165, 1.54) is 25.7 Å². The molecule has 1 aliphatic carbocycles. The molecule has 0 bridgehead atoms. The Balaban J connectivity index is 1.76. The lowest BCUT2D eigenvalue weighted by atomic mass is 10.1. The summed E-state index contributed by atoms with van der Waals surface area (Å²) in [6, 6.07) is 9.86. The molecule has 1 aliphatic rings. The Bertz CT molecular complexity index is 414. The average molecular weight is 290 g/mol. The SMILES string of the molecule is O=C(CNC(CO)c1ccccc1)NC1CCCCCC1. The largest absolute Gasteiger partial charge is 0.394 e. The molecule has 0 spiro atoms. The van der Waals surface area contributed by atoms with Gasteiger partial charge in [0, 0.05) is 6.04 Å². The molecule has 1 aromatic carbocycles. The van der Waals surface area contributed by atoms with E-state index >= 15 is 0 Å². The fourth-order valence-corrected chi connectivity index (χ4v) is 2.89. The molecule has 2 rings (SSSR count). The minimum atomic E-state index is -0.189. The number of carbonyl (C=O) groups excluding carboxylic acids is 1. The minimum Gasteiger partial charge on any atom is -0.394 e. The fraction of sp³-hybridized carbons (Fsp3) is 0.588.